The van der Waals surface area contributed by atoms with Gasteiger partial charge in [0.1, 0.15) is 0 Å². The Morgan fingerprint density at radius 2 is 2.00 bits per heavy atom. The molecule has 0 saturated heterocycles. The first-order chi connectivity index (χ1) is 7.40. The molecule has 0 atom stereocenters. The van der Waals surface area contributed by atoms with Crippen molar-refractivity contribution < 1.29 is 5.11 Å². The molecule has 2 aromatic rings. The van der Waals surface area contributed by atoms with Crippen LogP contribution in [0.2, 0.25) is 0 Å². The maximum Gasteiger partial charge on any atom is 0.0951 e. The van der Waals surface area contributed by atoms with Crippen LogP contribution in [0.5, 0.6) is 0 Å². The molecule has 0 amide bonds. The van der Waals surface area contributed by atoms with Gasteiger partial charge in [0.25, 0.3) is 0 Å². The first kappa shape index (κ1) is 9.93. The summed E-state index contributed by atoms with van der Waals surface area (Å²) in [6.07, 6.45) is 4.09. The zero-order chi connectivity index (χ0) is 10.5. The van der Waals surface area contributed by atoms with Crippen molar-refractivity contribution in [3.8, 4) is 0 Å². The Bertz CT molecular complexity index is 409. The summed E-state index contributed by atoms with van der Waals surface area (Å²) in [6, 6.07) is 10.2. The zero-order valence-electron chi connectivity index (χ0n) is 8.47. The molecule has 0 bridgehead atoms. The Balaban J connectivity index is 2.14. The van der Waals surface area contributed by atoms with Crippen LogP contribution in [0.1, 0.15) is 11.3 Å². The fourth-order valence-electron chi connectivity index (χ4n) is 1.58. The Labute approximate surface area is 89.0 Å². The second-order valence-corrected chi connectivity index (χ2v) is 3.45. The fourth-order valence-corrected chi connectivity index (χ4v) is 1.58. The number of hydrogen-bond donors (Lipinski definition) is 0. The highest BCUT2D eigenvalue weighted by Crippen LogP contribution is 2.06. The molecule has 0 N–H and O–H groups in total. The van der Waals surface area contributed by atoms with Gasteiger partial charge in [-0.2, -0.15) is 0 Å². The van der Waals surface area contributed by atoms with E-state index in [1.165, 1.54) is 5.56 Å². The molecule has 2 rings (SSSR count). The number of rotatable bonds is 4. The van der Waals surface area contributed by atoms with Crippen LogP contribution in [-0.2, 0) is 18.1 Å². The number of nitrogens with zero attached hydrogens (tertiary/aromatic N) is 2. The maximum absolute atomic E-state index is 10.6. The molecule has 3 nitrogen and oxygen atoms in total. The highest BCUT2D eigenvalue weighted by molar-refractivity contribution is 5.16. The maximum atomic E-state index is 10.6. The SMILES string of the molecule is [O]CCc1cncn1Cc1ccccc1. The molecule has 0 aliphatic heterocycles. The van der Waals surface area contributed by atoms with E-state index in [4.69, 9.17) is 0 Å². The topological polar surface area (TPSA) is 37.7 Å². The van der Waals surface area contributed by atoms with Crippen LogP contribution >= 0.6 is 0 Å². The van der Waals surface area contributed by atoms with Crippen LogP contribution in [0.4, 0.5) is 0 Å². The average molecular weight is 201 g/mol. The Morgan fingerprint density at radius 3 is 2.73 bits per heavy atom. The lowest BCUT2D eigenvalue weighted by Gasteiger charge is -2.06. The summed E-state index contributed by atoms with van der Waals surface area (Å²) < 4.78 is 2.02. The van der Waals surface area contributed by atoms with Gasteiger partial charge in [-0.05, 0) is 5.56 Å². The second kappa shape index (κ2) is 4.75. The lowest BCUT2D eigenvalue weighted by molar-refractivity contribution is 0.195. The predicted molar refractivity (Wildman–Crippen MR) is 57.0 cm³/mol. The summed E-state index contributed by atoms with van der Waals surface area (Å²) in [6.45, 7) is 0.705. The van der Waals surface area contributed by atoms with Crippen molar-refractivity contribution in [3.05, 3.63) is 54.1 Å². The van der Waals surface area contributed by atoms with E-state index in [0.29, 0.717) is 6.42 Å². The van der Waals surface area contributed by atoms with Gasteiger partial charge >= 0.3 is 0 Å². The summed E-state index contributed by atoms with van der Waals surface area (Å²) in [5.74, 6) is 0. The Kier molecular flexibility index (Phi) is 3.15. The third-order valence-electron chi connectivity index (χ3n) is 2.35. The smallest absolute Gasteiger partial charge is 0.0951 e. The molecular formula is C12H13N2O. The molecule has 0 aliphatic carbocycles. The van der Waals surface area contributed by atoms with Crippen molar-refractivity contribution >= 4 is 0 Å². The molecule has 1 radical (unpaired) electrons. The van der Waals surface area contributed by atoms with E-state index in [9.17, 15) is 5.11 Å². The van der Waals surface area contributed by atoms with Crippen LogP contribution in [0.15, 0.2) is 42.9 Å². The quantitative estimate of drug-likeness (QED) is 0.744. The van der Waals surface area contributed by atoms with E-state index in [1.807, 2.05) is 22.8 Å². The number of imidazole rings is 1. The van der Waals surface area contributed by atoms with Gasteiger partial charge in [-0.3, -0.25) is 0 Å². The van der Waals surface area contributed by atoms with E-state index in [2.05, 4.69) is 17.1 Å². The molecule has 0 spiro atoms. The third kappa shape index (κ3) is 2.44. The normalized spacial score (nSPS) is 10.5. The lowest BCUT2D eigenvalue weighted by atomic mass is 10.2. The van der Waals surface area contributed by atoms with E-state index < -0.39 is 0 Å². The van der Waals surface area contributed by atoms with Crippen molar-refractivity contribution in [1.82, 2.24) is 9.55 Å². The molecule has 77 valence electrons. The second-order valence-electron chi connectivity index (χ2n) is 3.45. The van der Waals surface area contributed by atoms with Crippen LogP contribution in [0, 0.1) is 0 Å². The van der Waals surface area contributed by atoms with Gasteiger partial charge in [0.15, 0.2) is 0 Å². The monoisotopic (exact) mass is 201 g/mol. The van der Waals surface area contributed by atoms with Gasteiger partial charge in [-0.15, -0.1) is 0 Å². The van der Waals surface area contributed by atoms with Crippen molar-refractivity contribution in [2.75, 3.05) is 6.61 Å². The van der Waals surface area contributed by atoms with Gasteiger partial charge in [0, 0.05) is 24.9 Å². The molecular weight excluding hydrogens is 188 g/mol. The van der Waals surface area contributed by atoms with Gasteiger partial charge in [-0.25, -0.2) is 10.1 Å². The van der Waals surface area contributed by atoms with Crippen molar-refractivity contribution in [2.45, 2.75) is 13.0 Å². The van der Waals surface area contributed by atoms with Crippen molar-refractivity contribution in [2.24, 2.45) is 0 Å². The number of benzene rings is 1. The van der Waals surface area contributed by atoms with Gasteiger partial charge in [-0.1, -0.05) is 30.3 Å². The van der Waals surface area contributed by atoms with E-state index in [1.54, 1.807) is 12.5 Å². The number of hydrogen-bond acceptors (Lipinski definition) is 1. The van der Waals surface area contributed by atoms with Crippen LogP contribution in [0.3, 0.4) is 0 Å². The van der Waals surface area contributed by atoms with Gasteiger partial charge in [0.05, 0.1) is 12.9 Å². The van der Waals surface area contributed by atoms with E-state index in [0.717, 1.165) is 12.2 Å². The van der Waals surface area contributed by atoms with Crippen LogP contribution in [-0.4, -0.2) is 16.2 Å². The molecule has 0 fully saturated rings. The molecule has 15 heavy (non-hydrogen) atoms. The highest BCUT2D eigenvalue weighted by atomic mass is 16.3. The molecule has 1 heterocycles. The summed E-state index contributed by atoms with van der Waals surface area (Å²) in [4.78, 5) is 4.06. The van der Waals surface area contributed by atoms with Crippen LogP contribution in [0.25, 0.3) is 0 Å². The molecule has 0 unspecified atom stereocenters. The molecule has 3 heteroatoms. The van der Waals surface area contributed by atoms with Crippen molar-refractivity contribution in [1.29, 1.82) is 0 Å². The minimum absolute atomic E-state index is 0.0829. The molecule has 0 aliphatic rings. The summed E-state index contributed by atoms with van der Waals surface area (Å²) in [7, 11) is 0. The first-order valence-corrected chi connectivity index (χ1v) is 5.01. The molecule has 0 saturated carbocycles. The Hall–Kier alpha value is -1.61. The predicted octanol–water partition coefficient (Wildman–Crippen LogP) is 1.90. The van der Waals surface area contributed by atoms with Gasteiger partial charge < -0.3 is 4.57 Å². The largest absolute Gasteiger partial charge is 0.330 e. The standard InChI is InChI=1S/C12H13N2O/c15-7-6-12-8-13-10-14(12)9-11-4-2-1-3-5-11/h1-5,8,10H,6-7,9H2. The summed E-state index contributed by atoms with van der Waals surface area (Å²) in [5, 5.41) is 10.6. The van der Waals surface area contributed by atoms with Crippen LogP contribution < -0.4 is 0 Å². The summed E-state index contributed by atoms with van der Waals surface area (Å²) in [5.41, 5.74) is 2.23. The summed E-state index contributed by atoms with van der Waals surface area (Å²) >= 11 is 0. The third-order valence-corrected chi connectivity index (χ3v) is 2.35. The lowest BCUT2D eigenvalue weighted by Crippen LogP contribution is -2.04. The van der Waals surface area contributed by atoms with Crippen molar-refractivity contribution in [3.63, 3.8) is 0 Å². The van der Waals surface area contributed by atoms with Gasteiger partial charge in [0.2, 0.25) is 0 Å². The van der Waals surface area contributed by atoms with E-state index >= 15 is 0 Å². The highest BCUT2D eigenvalue weighted by Gasteiger charge is 2.01. The first-order valence-electron chi connectivity index (χ1n) is 5.01. The van der Waals surface area contributed by atoms with E-state index in [-0.39, 0.29) is 6.61 Å². The molecule has 1 aromatic carbocycles. The fraction of sp³-hybridized carbons (Fsp3) is 0.250. The molecule has 1 aromatic heterocycles. The average Bonchev–Trinajstić information content (AvgIpc) is 2.68. The zero-order valence-corrected chi connectivity index (χ0v) is 8.47. The Morgan fingerprint density at radius 1 is 1.20 bits per heavy atom. The minimum Gasteiger partial charge on any atom is -0.330 e. The number of aromatic nitrogens is 2. The minimum atomic E-state index is -0.0829.